The van der Waals surface area contributed by atoms with Gasteiger partial charge in [0.2, 0.25) is 0 Å². The van der Waals surface area contributed by atoms with Crippen molar-refractivity contribution in [1.82, 2.24) is 0 Å². The van der Waals surface area contributed by atoms with Crippen molar-refractivity contribution in [3.8, 4) is 0 Å². The Morgan fingerprint density at radius 1 is 1.33 bits per heavy atom. The lowest BCUT2D eigenvalue weighted by Gasteiger charge is -1.95. The third-order valence-corrected chi connectivity index (χ3v) is 4.16. The predicted molar refractivity (Wildman–Crippen MR) is 46.0 cm³/mol. The maximum Gasteiger partial charge on any atom is 0.0803 e. The summed E-state index contributed by atoms with van der Waals surface area (Å²) in [5.41, 5.74) is 0. The van der Waals surface area contributed by atoms with Crippen molar-refractivity contribution in [3.05, 3.63) is 0 Å². The SMILES string of the molecule is CCCS[S@](=O)CCC. The molecule has 1 nitrogen and oxygen atoms in total. The van der Waals surface area contributed by atoms with Crippen molar-refractivity contribution in [2.24, 2.45) is 0 Å². The lowest BCUT2D eigenvalue weighted by atomic mass is 10.6. The molecule has 56 valence electrons. The highest BCUT2D eigenvalue weighted by atomic mass is 33.1. The van der Waals surface area contributed by atoms with Gasteiger partial charge in [-0.15, -0.1) is 0 Å². The standard InChI is InChI=1S/C6H14OS2/c1-3-5-8-9(7)6-4-2/h3-6H2,1-2H3/t9-/m0/s1. The summed E-state index contributed by atoms with van der Waals surface area (Å²) < 4.78 is 10.9. The monoisotopic (exact) mass is 166 g/mol. The second-order valence-corrected chi connectivity index (χ2v) is 5.31. The van der Waals surface area contributed by atoms with Crippen LogP contribution in [-0.2, 0) is 9.83 Å². The Morgan fingerprint density at radius 3 is 2.44 bits per heavy atom. The largest absolute Gasteiger partial charge is 0.248 e. The molecule has 0 aromatic heterocycles. The molecule has 0 saturated carbocycles. The van der Waals surface area contributed by atoms with Crippen LogP contribution < -0.4 is 0 Å². The van der Waals surface area contributed by atoms with E-state index in [1.54, 1.807) is 10.8 Å². The smallest absolute Gasteiger partial charge is 0.0803 e. The van der Waals surface area contributed by atoms with E-state index in [0.29, 0.717) is 0 Å². The van der Waals surface area contributed by atoms with Gasteiger partial charge >= 0.3 is 0 Å². The third-order valence-electron chi connectivity index (χ3n) is 0.790. The number of rotatable bonds is 5. The minimum Gasteiger partial charge on any atom is -0.248 e. The lowest BCUT2D eigenvalue weighted by Crippen LogP contribution is -1.90. The van der Waals surface area contributed by atoms with Gasteiger partial charge in [-0.05, 0) is 12.8 Å². The molecule has 0 aliphatic rings. The highest BCUT2D eigenvalue weighted by Crippen LogP contribution is 2.09. The van der Waals surface area contributed by atoms with Crippen LogP contribution in [0, 0.1) is 0 Å². The molecule has 0 amide bonds. The molecule has 0 aliphatic carbocycles. The van der Waals surface area contributed by atoms with Crippen LogP contribution in [0.2, 0.25) is 0 Å². The Labute approximate surface area is 63.5 Å². The van der Waals surface area contributed by atoms with E-state index in [1.807, 2.05) is 0 Å². The molecule has 1 atom stereocenters. The maximum atomic E-state index is 10.9. The zero-order valence-corrected chi connectivity index (χ0v) is 7.69. The van der Waals surface area contributed by atoms with E-state index in [9.17, 15) is 4.21 Å². The molecule has 0 spiro atoms. The molecule has 0 aromatic carbocycles. The molecule has 0 fully saturated rings. The van der Waals surface area contributed by atoms with Crippen LogP contribution in [0.25, 0.3) is 0 Å². The zero-order valence-electron chi connectivity index (χ0n) is 6.05. The quantitative estimate of drug-likeness (QED) is 0.582. The van der Waals surface area contributed by atoms with E-state index in [-0.39, 0.29) is 0 Å². The predicted octanol–water partition coefficient (Wildman–Crippen LogP) is 2.20. The molecule has 0 aliphatic heterocycles. The summed E-state index contributed by atoms with van der Waals surface area (Å²) in [5.74, 6) is 1.89. The lowest BCUT2D eigenvalue weighted by molar-refractivity contribution is 0.690. The van der Waals surface area contributed by atoms with Crippen LogP contribution in [-0.4, -0.2) is 15.7 Å². The van der Waals surface area contributed by atoms with Gasteiger partial charge < -0.3 is 0 Å². The Hall–Kier alpha value is 0.500. The summed E-state index contributed by atoms with van der Waals surface area (Å²) in [7, 11) is 0.970. The molecule has 0 aromatic rings. The molecule has 0 N–H and O–H groups in total. The molecule has 0 unspecified atom stereocenters. The molecule has 0 bridgehead atoms. The molecule has 0 rings (SSSR count). The highest BCUT2D eigenvalue weighted by molar-refractivity contribution is 8.69. The summed E-state index contributed by atoms with van der Waals surface area (Å²) in [6.07, 6.45) is 2.16. The molecular weight excluding hydrogens is 152 g/mol. The highest BCUT2D eigenvalue weighted by Gasteiger charge is 1.95. The molecular formula is C6H14OS2. The van der Waals surface area contributed by atoms with E-state index in [2.05, 4.69) is 13.8 Å². The topological polar surface area (TPSA) is 17.1 Å². The fourth-order valence-corrected chi connectivity index (χ4v) is 3.12. The Morgan fingerprint density at radius 2 is 2.00 bits per heavy atom. The summed E-state index contributed by atoms with van der Waals surface area (Å²) in [5, 5.41) is 0. The minimum absolute atomic E-state index is 0.603. The van der Waals surface area contributed by atoms with Gasteiger partial charge in [-0.25, -0.2) is 4.21 Å². The van der Waals surface area contributed by atoms with E-state index in [0.717, 1.165) is 24.3 Å². The molecule has 9 heavy (non-hydrogen) atoms. The fraction of sp³-hybridized carbons (Fsp3) is 1.00. The zero-order chi connectivity index (χ0) is 7.11. The third kappa shape index (κ3) is 6.38. The van der Waals surface area contributed by atoms with Crippen molar-refractivity contribution < 1.29 is 4.21 Å². The van der Waals surface area contributed by atoms with Crippen LogP contribution in [0.3, 0.4) is 0 Å². The van der Waals surface area contributed by atoms with E-state index in [4.69, 9.17) is 0 Å². The summed E-state index contributed by atoms with van der Waals surface area (Å²) in [6, 6.07) is 0. The van der Waals surface area contributed by atoms with Gasteiger partial charge in [0.15, 0.2) is 0 Å². The maximum absolute atomic E-state index is 10.9. The van der Waals surface area contributed by atoms with Crippen LogP contribution in [0.1, 0.15) is 26.7 Å². The molecule has 0 saturated heterocycles. The van der Waals surface area contributed by atoms with Gasteiger partial charge in [0.05, 0.1) is 9.83 Å². The normalized spacial score (nSPS) is 13.6. The summed E-state index contributed by atoms with van der Waals surface area (Å²) in [6.45, 7) is 4.17. The first-order valence-corrected chi connectivity index (χ1v) is 6.15. The first kappa shape index (κ1) is 9.50. The molecule has 0 radical (unpaired) electrons. The van der Waals surface area contributed by atoms with Gasteiger partial charge in [0, 0.05) is 11.5 Å². The van der Waals surface area contributed by atoms with Gasteiger partial charge in [0.25, 0.3) is 0 Å². The van der Waals surface area contributed by atoms with E-state index < -0.39 is 9.83 Å². The van der Waals surface area contributed by atoms with Crippen LogP contribution in [0.4, 0.5) is 0 Å². The van der Waals surface area contributed by atoms with Crippen LogP contribution in [0.5, 0.6) is 0 Å². The minimum atomic E-state index is -0.603. The second kappa shape index (κ2) is 6.62. The molecule has 0 heterocycles. The average molecular weight is 166 g/mol. The second-order valence-electron chi connectivity index (χ2n) is 1.83. The van der Waals surface area contributed by atoms with Crippen molar-refractivity contribution in [2.45, 2.75) is 26.7 Å². The van der Waals surface area contributed by atoms with Gasteiger partial charge in [0.1, 0.15) is 0 Å². The van der Waals surface area contributed by atoms with Crippen molar-refractivity contribution in [1.29, 1.82) is 0 Å². The number of hydrogen-bond donors (Lipinski definition) is 0. The Bertz CT molecular complexity index is 83.1. The average Bonchev–Trinajstić information content (AvgIpc) is 1.85. The Balaban J connectivity index is 3.06. The molecule has 3 heteroatoms. The van der Waals surface area contributed by atoms with Crippen molar-refractivity contribution in [3.63, 3.8) is 0 Å². The van der Waals surface area contributed by atoms with Crippen molar-refractivity contribution >= 4 is 20.6 Å². The van der Waals surface area contributed by atoms with Crippen LogP contribution >= 0.6 is 10.8 Å². The van der Waals surface area contributed by atoms with Gasteiger partial charge in [-0.2, -0.15) is 0 Å². The number of hydrogen-bond acceptors (Lipinski definition) is 2. The van der Waals surface area contributed by atoms with Gasteiger partial charge in [-0.1, -0.05) is 24.6 Å². The summed E-state index contributed by atoms with van der Waals surface area (Å²) in [4.78, 5) is 0. The van der Waals surface area contributed by atoms with Gasteiger partial charge in [-0.3, -0.25) is 0 Å². The first-order chi connectivity index (χ1) is 4.31. The first-order valence-electron chi connectivity index (χ1n) is 3.32. The van der Waals surface area contributed by atoms with Crippen LogP contribution in [0.15, 0.2) is 0 Å². The van der Waals surface area contributed by atoms with E-state index >= 15 is 0 Å². The van der Waals surface area contributed by atoms with Crippen molar-refractivity contribution in [2.75, 3.05) is 11.5 Å². The fourth-order valence-electron chi connectivity index (χ4n) is 0.402. The Kier molecular flexibility index (Phi) is 6.99. The summed E-state index contributed by atoms with van der Waals surface area (Å²) >= 11 is 0. The van der Waals surface area contributed by atoms with E-state index in [1.165, 1.54) is 0 Å².